The molecule has 0 spiro atoms. The monoisotopic (exact) mass is 182 g/mol. The van der Waals surface area contributed by atoms with E-state index in [9.17, 15) is 4.79 Å². The van der Waals surface area contributed by atoms with Gasteiger partial charge in [0.2, 0.25) is 0 Å². The molecule has 0 aliphatic heterocycles. The molecular weight excluding hydrogens is 176 g/mol. The number of amides is 1. The summed E-state index contributed by atoms with van der Waals surface area (Å²) in [5.74, 6) is -0.371. The first-order chi connectivity index (χ1) is 5.74. The largest absolute Gasteiger partial charge is 0.375 e. The van der Waals surface area contributed by atoms with E-state index in [0.717, 1.165) is 0 Å². The maximum atomic E-state index is 11.0. The Morgan fingerprint density at radius 2 is 2.67 bits per heavy atom. The normalized spacial score (nSPS) is 8.92. The second kappa shape index (κ2) is 3.69. The van der Waals surface area contributed by atoms with E-state index in [0.29, 0.717) is 5.13 Å². The van der Waals surface area contributed by atoms with Crippen LogP contribution in [0.4, 0.5) is 5.13 Å². The van der Waals surface area contributed by atoms with Gasteiger partial charge in [0.1, 0.15) is 12.2 Å². The zero-order valence-electron chi connectivity index (χ0n) is 6.07. The highest BCUT2D eigenvalue weighted by Crippen LogP contribution is 2.10. The number of carbonyl (C=O) groups is 1. The van der Waals surface area contributed by atoms with Crippen LogP contribution in [-0.4, -0.2) is 17.4 Å². The van der Waals surface area contributed by atoms with Crippen molar-refractivity contribution in [3.8, 4) is 6.07 Å². The summed E-state index contributed by atoms with van der Waals surface area (Å²) in [4.78, 5) is 14.8. The molecule has 1 amide bonds. The average Bonchev–Trinajstić information content (AvgIpc) is 2.47. The van der Waals surface area contributed by atoms with Crippen molar-refractivity contribution in [2.45, 2.75) is 0 Å². The number of carbonyl (C=O) groups excluding carboxylic acids is 1. The Hall–Kier alpha value is -1.61. The zero-order valence-corrected chi connectivity index (χ0v) is 6.89. The highest BCUT2D eigenvalue weighted by molar-refractivity contribution is 7.13. The molecule has 0 fully saturated rings. The molecule has 6 heteroatoms. The van der Waals surface area contributed by atoms with Crippen LogP contribution in [0.15, 0.2) is 5.38 Å². The third kappa shape index (κ3) is 1.93. The fraction of sp³-hybridized carbons (Fsp3) is 0.167. The van der Waals surface area contributed by atoms with Crippen molar-refractivity contribution >= 4 is 22.4 Å². The lowest BCUT2D eigenvalue weighted by atomic mass is 10.4. The average molecular weight is 182 g/mol. The first-order valence-electron chi connectivity index (χ1n) is 3.10. The third-order valence-corrected chi connectivity index (χ3v) is 1.76. The molecule has 0 unspecified atom stereocenters. The SMILES string of the molecule is N#CCNC(=O)c1csc(N)n1. The highest BCUT2D eigenvalue weighted by Gasteiger charge is 2.07. The van der Waals surface area contributed by atoms with Gasteiger partial charge in [-0.2, -0.15) is 5.26 Å². The molecule has 3 N–H and O–H groups in total. The lowest BCUT2D eigenvalue weighted by Gasteiger charge is -1.93. The van der Waals surface area contributed by atoms with E-state index in [1.807, 2.05) is 0 Å². The second-order valence-electron chi connectivity index (χ2n) is 1.91. The smallest absolute Gasteiger partial charge is 0.271 e. The van der Waals surface area contributed by atoms with Gasteiger partial charge < -0.3 is 11.1 Å². The molecule has 5 nitrogen and oxygen atoms in total. The summed E-state index contributed by atoms with van der Waals surface area (Å²) >= 11 is 1.19. The molecule has 0 bridgehead atoms. The van der Waals surface area contributed by atoms with Crippen molar-refractivity contribution in [1.29, 1.82) is 5.26 Å². The summed E-state index contributed by atoms with van der Waals surface area (Å²) in [6.45, 7) is -0.0176. The first-order valence-corrected chi connectivity index (χ1v) is 3.98. The second-order valence-corrected chi connectivity index (χ2v) is 2.80. The molecule has 0 aromatic carbocycles. The van der Waals surface area contributed by atoms with Crippen LogP contribution in [0.2, 0.25) is 0 Å². The Morgan fingerprint density at radius 3 is 3.17 bits per heavy atom. The van der Waals surface area contributed by atoms with E-state index in [2.05, 4.69) is 10.3 Å². The number of aromatic nitrogens is 1. The summed E-state index contributed by atoms with van der Waals surface area (Å²) in [5, 5.41) is 12.4. The molecule has 0 atom stereocenters. The Morgan fingerprint density at radius 1 is 1.92 bits per heavy atom. The minimum atomic E-state index is -0.371. The van der Waals surface area contributed by atoms with Crippen molar-refractivity contribution in [3.63, 3.8) is 0 Å². The zero-order chi connectivity index (χ0) is 8.97. The fourth-order valence-electron chi connectivity index (χ4n) is 0.602. The number of hydrogen-bond acceptors (Lipinski definition) is 5. The van der Waals surface area contributed by atoms with Gasteiger partial charge in [0.25, 0.3) is 5.91 Å². The van der Waals surface area contributed by atoms with E-state index in [-0.39, 0.29) is 18.1 Å². The van der Waals surface area contributed by atoms with Crippen molar-refractivity contribution in [3.05, 3.63) is 11.1 Å². The molecule has 0 saturated carbocycles. The lowest BCUT2D eigenvalue weighted by molar-refractivity contribution is 0.0954. The molecule has 1 heterocycles. The third-order valence-electron chi connectivity index (χ3n) is 1.08. The van der Waals surface area contributed by atoms with Crippen molar-refractivity contribution < 1.29 is 4.79 Å². The maximum absolute atomic E-state index is 11.0. The lowest BCUT2D eigenvalue weighted by Crippen LogP contribution is -2.23. The van der Waals surface area contributed by atoms with Crippen LogP contribution in [0.25, 0.3) is 0 Å². The van der Waals surface area contributed by atoms with E-state index < -0.39 is 0 Å². The molecule has 1 aromatic heterocycles. The predicted octanol–water partition coefficient (Wildman–Crippen LogP) is -0.0213. The van der Waals surface area contributed by atoms with Gasteiger partial charge in [0, 0.05) is 5.38 Å². The number of hydrogen-bond donors (Lipinski definition) is 2. The standard InChI is InChI=1S/C6H6N4OS/c7-1-2-9-5(11)4-3-12-6(8)10-4/h3H,2H2,(H2,8,10)(H,9,11). The maximum Gasteiger partial charge on any atom is 0.271 e. The molecule has 0 aliphatic carbocycles. The van der Waals surface area contributed by atoms with Crippen LogP contribution in [0.3, 0.4) is 0 Å². The number of nitrogens with two attached hydrogens (primary N) is 1. The van der Waals surface area contributed by atoms with Crippen LogP contribution >= 0.6 is 11.3 Å². The molecule has 1 rings (SSSR count). The minimum absolute atomic E-state index is 0.0176. The number of nitrogens with zero attached hydrogens (tertiary/aromatic N) is 2. The molecule has 12 heavy (non-hydrogen) atoms. The van der Waals surface area contributed by atoms with Crippen LogP contribution in [0.1, 0.15) is 10.5 Å². The van der Waals surface area contributed by atoms with Crippen LogP contribution in [0.5, 0.6) is 0 Å². The summed E-state index contributed by atoms with van der Waals surface area (Å²) < 4.78 is 0. The van der Waals surface area contributed by atoms with Gasteiger partial charge in [-0.25, -0.2) is 4.98 Å². The topological polar surface area (TPSA) is 91.8 Å². The summed E-state index contributed by atoms with van der Waals surface area (Å²) in [6, 6.07) is 1.79. The Labute approximate surface area is 72.8 Å². The van der Waals surface area contributed by atoms with E-state index in [4.69, 9.17) is 11.0 Å². The number of nitriles is 1. The summed E-state index contributed by atoms with van der Waals surface area (Å²) in [7, 11) is 0. The van der Waals surface area contributed by atoms with Crippen LogP contribution in [0, 0.1) is 11.3 Å². The minimum Gasteiger partial charge on any atom is -0.375 e. The number of nitrogens with one attached hydrogen (secondary N) is 1. The first kappa shape index (κ1) is 8.49. The van der Waals surface area contributed by atoms with Gasteiger partial charge in [-0.3, -0.25) is 4.79 Å². The van der Waals surface area contributed by atoms with Gasteiger partial charge in [-0.1, -0.05) is 0 Å². The van der Waals surface area contributed by atoms with Crippen LogP contribution < -0.4 is 11.1 Å². The fourth-order valence-corrected chi connectivity index (χ4v) is 1.15. The van der Waals surface area contributed by atoms with Crippen molar-refractivity contribution in [2.75, 3.05) is 12.3 Å². The molecule has 0 saturated heterocycles. The van der Waals surface area contributed by atoms with Gasteiger partial charge in [-0.15, -0.1) is 11.3 Å². The Bertz CT molecular complexity index is 327. The Balaban J connectivity index is 2.61. The molecule has 62 valence electrons. The quantitative estimate of drug-likeness (QED) is 0.628. The van der Waals surface area contributed by atoms with Gasteiger partial charge >= 0.3 is 0 Å². The van der Waals surface area contributed by atoms with Crippen molar-refractivity contribution in [2.24, 2.45) is 0 Å². The van der Waals surface area contributed by atoms with E-state index in [1.54, 1.807) is 11.4 Å². The number of thiazole rings is 1. The van der Waals surface area contributed by atoms with E-state index >= 15 is 0 Å². The van der Waals surface area contributed by atoms with Gasteiger partial charge in [0.15, 0.2) is 5.13 Å². The molecule has 1 aromatic rings. The Kier molecular flexibility index (Phi) is 2.61. The summed E-state index contributed by atoms with van der Waals surface area (Å²) in [6.07, 6.45) is 0. The van der Waals surface area contributed by atoms with Gasteiger partial charge in [0.05, 0.1) is 6.07 Å². The molecule has 0 aliphatic rings. The molecular formula is C6H6N4OS. The number of nitrogen functional groups attached to an aromatic ring is 1. The van der Waals surface area contributed by atoms with Gasteiger partial charge in [-0.05, 0) is 0 Å². The van der Waals surface area contributed by atoms with E-state index in [1.165, 1.54) is 11.3 Å². The highest BCUT2D eigenvalue weighted by atomic mass is 32.1. The number of anilines is 1. The summed E-state index contributed by atoms with van der Waals surface area (Å²) in [5.41, 5.74) is 5.56. The van der Waals surface area contributed by atoms with Crippen molar-refractivity contribution in [1.82, 2.24) is 10.3 Å². The molecule has 0 radical (unpaired) electrons. The number of rotatable bonds is 2. The predicted molar refractivity (Wildman–Crippen MR) is 44.5 cm³/mol. The van der Waals surface area contributed by atoms with Crippen LogP contribution in [-0.2, 0) is 0 Å².